The normalized spacial score (nSPS) is 26.2. The Hall–Kier alpha value is -0.170. The first-order chi connectivity index (χ1) is 6.05. The highest BCUT2D eigenvalue weighted by Gasteiger charge is 2.29. The Bertz CT molecular complexity index is 250. The summed E-state index contributed by atoms with van der Waals surface area (Å²) in [5.74, 6) is 0. The van der Waals surface area contributed by atoms with Crippen LogP contribution in [-0.2, 0) is 10.3 Å². The van der Waals surface area contributed by atoms with Gasteiger partial charge in [-0.05, 0) is 6.42 Å². The maximum Gasteiger partial charge on any atom is 0.336 e. The molecule has 0 bridgehead atoms. The summed E-state index contributed by atoms with van der Waals surface area (Å²) >= 11 is 0. The SMILES string of the molecule is CCCC1CNCCN1S(=O)(=O)O. The number of piperazine rings is 1. The van der Waals surface area contributed by atoms with Gasteiger partial charge >= 0.3 is 10.3 Å². The minimum atomic E-state index is -4.00. The molecule has 0 aromatic heterocycles. The Morgan fingerprint density at radius 1 is 1.62 bits per heavy atom. The molecule has 0 aliphatic carbocycles. The van der Waals surface area contributed by atoms with Gasteiger partial charge in [0.1, 0.15) is 0 Å². The molecule has 0 radical (unpaired) electrons. The Morgan fingerprint density at radius 3 is 2.85 bits per heavy atom. The van der Waals surface area contributed by atoms with Crippen molar-refractivity contribution in [1.29, 1.82) is 0 Å². The van der Waals surface area contributed by atoms with Crippen LogP contribution in [0, 0.1) is 0 Å². The van der Waals surface area contributed by atoms with Crippen LogP contribution in [0.1, 0.15) is 19.8 Å². The highest BCUT2D eigenvalue weighted by molar-refractivity contribution is 7.83. The Morgan fingerprint density at radius 2 is 2.31 bits per heavy atom. The zero-order chi connectivity index (χ0) is 9.90. The Labute approximate surface area is 79.0 Å². The first-order valence-electron chi connectivity index (χ1n) is 4.50. The van der Waals surface area contributed by atoms with Crippen LogP contribution in [0.15, 0.2) is 0 Å². The Balaban J connectivity index is 2.67. The van der Waals surface area contributed by atoms with Crippen molar-refractivity contribution in [3.8, 4) is 0 Å². The van der Waals surface area contributed by atoms with Crippen LogP contribution >= 0.6 is 0 Å². The van der Waals surface area contributed by atoms with Crippen molar-refractivity contribution in [3.05, 3.63) is 0 Å². The molecule has 0 aromatic rings. The molecule has 1 aliphatic rings. The number of hydrogen-bond donors (Lipinski definition) is 2. The fourth-order valence-corrected chi connectivity index (χ4v) is 2.50. The predicted molar refractivity (Wildman–Crippen MR) is 49.8 cm³/mol. The van der Waals surface area contributed by atoms with Gasteiger partial charge < -0.3 is 5.32 Å². The van der Waals surface area contributed by atoms with Gasteiger partial charge in [-0.15, -0.1) is 0 Å². The van der Waals surface area contributed by atoms with Gasteiger partial charge in [0.05, 0.1) is 0 Å². The third kappa shape index (κ3) is 2.91. The molecule has 0 spiro atoms. The molecule has 1 rings (SSSR count). The van der Waals surface area contributed by atoms with E-state index in [0.717, 1.165) is 12.8 Å². The Kier molecular flexibility index (Phi) is 3.66. The molecule has 1 fully saturated rings. The predicted octanol–water partition coefficient (Wildman–Crippen LogP) is -0.137. The number of rotatable bonds is 3. The summed E-state index contributed by atoms with van der Waals surface area (Å²) in [5.41, 5.74) is 0. The van der Waals surface area contributed by atoms with Crippen LogP contribution in [0.4, 0.5) is 0 Å². The molecule has 6 heteroatoms. The van der Waals surface area contributed by atoms with E-state index in [9.17, 15) is 8.42 Å². The maximum absolute atomic E-state index is 10.9. The molecule has 1 aliphatic heterocycles. The van der Waals surface area contributed by atoms with Gasteiger partial charge in [0.15, 0.2) is 0 Å². The molecular weight excluding hydrogens is 192 g/mol. The van der Waals surface area contributed by atoms with Crippen LogP contribution in [0.5, 0.6) is 0 Å². The lowest BCUT2D eigenvalue weighted by molar-refractivity contribution is 0.232. The van der Waals surface area contributed by atoms with Crippen LogP contribution in [0.2, 0.25) is 0 Å². The number of nitrogens with zero attached hydrogens (tertiary/aromatic N) is 1. The van der Waals surface area contributed by atoms with Crippen LogP contribution in [0.25, 0.3) is 0 Å². The highest BCUT2D eigenvalue weighted by atomic mass is 32.2. The fraction of sp³-hybridized carbons (Fsp3) is 1.00. The summed E-state index contributed by atoms with van der Waals surface area (Å²) in [7, 11) is -4.00. The largest absolute Gasteiger partial charge is 0.336 e. The molecule has 5 nitrogen and oxygen atoms in total. The maximum atomic E-state index is 10.9. The van der Waals surface area contributed by atoms with Crippen LogP contribution in [0.3, 0.4) is 0 Å². The molecule has 13 heavy (non-hydrogen) atoms. The fourth-order valence-electron chi connectivity index (χ4n) is 1.63. The summed E-state index contributed by atoms with van der Waals surface area (Å²) < 4.78 is 31.9. The van der Waals surface area contributed by atoms with E-state index in [4.69, 9.17) is 4.55 Å². The summed E-state index contributed by atoms with van der Waals surface area (Å²) in [6.45, 7) is 3.61. The van der Waals surface area contributed by atoms with Crippen molar-refractivity contribution >= 4 is 10.3 Å². The second-order valence-corrected chi connectivity index (χ2v) is 4.60. The van der Waals surface area contributed by atoms with Gasteiger partial charge in [-0.25, -0.2) is 0 Å². The van der Waals surface area contributed by atoms with Gasteiger partial charge in [0.2, 0.25) is 0 Å². The van der Waals surface area contributed by atoms with E-state index in [1.54, 1.807) is 0 Å². The summed E-state index contributed by atoms with van der Waals surface area (Å²) in [4.78, 5) is 0. The highest BCUT2D eigenvalue weighted by Crippen LogP contribution is 2.12. The molecular formula is C7H16N2O3S. The van der Waals surface area contributed by atoms with E-state index in [2.05, 4.69) is 5.32 Å². The zero-order valence-electron chi connectivity index (χ0n) is 7.73. The standard InChI is InChI=1S/C7H16N2O3S/c1-2-3-7-6-8-4-5-9(7)13(10,11)12/h7-8H,2-6H2,1H3,(H,10,11,12). The van der Waals surface area contributed by atoms with E-state index in [-0.39, 0.29) is 6.04 Å². The molecule has 0 saturated carbocycles. The average molecular weight is 208 g/mol. The van der Waals surface area contributed by atoms with Crippen molar-refractivity contribution in [1.82, 2.24) is 9.62 Å². The van der Waals surface area contributed by atoms with E-state index in [1.165, 1.54) is 4.31 Å². The molecule has 1 saturated heterocycles. The molecule has 0 amide bonds. The average Bonchev–Trinajstić information content (AvgIpc) is 2.04. The molecule has 1 atom stereocenters. The van der Waals surface area contributed by atoms with Gasteiger partial charge in [0.25, 0.3) is 0 Å². The lowest BCUT2D eigenvalue weighted by Crippen LogP contribution is -2.53. The van der Waals surface area contributed by atoms with Gasteiger partial charge in [-0.1, -0.05) is 13.3 Å². The number of hydrogen-bond acceptors (Lipinski definition) is 3. The molecule has 2 N–H and O–H groups in total. The van der Waals surface area contributed by atoms with E-state index in [1.807, 2.05) is 6.92 Å². The zero-order valence-corrected chi connectivity index (χ0v) is 8.55. The number of nitrogens with one attached hydrogen (secondary N) is 1. The first-order valence-corrected chi connectivity index (χ1v) is 5.90. The third-order valence-electron chi connectivity index (χ3n) is 2.21. The van der Waals surface area contributed by atoms with Crippen LogP contribution in [-0.4, -0.2) is 43.0 Å². The minimum Gasteiger partial charge on any atom is -0.314 e. The molecule has 0 aromatic carbocycles. The third-order valence-corrected chi connectivity index (χ3v) is 3.29. The quantitative estimate of drug-likeness (QED) is 0.634. The molecule has 1 unspecified atom stereocenters. The first kappa shape index (κ1) is 10.9. The van der Waals surface area contributed by atoms with Crippen molar-refractivity contribution in [3.63, 3.8) is 0 Å². The lowest BCUT2D eigenvalue weighted by atomic mass is 10.1. The molecule has 1 heterocycles. The lowest BCUT2D eigenvalue weighted by Gasteiger charge is -2.32. The molecule has 78 valence electrons. The van der Waals surface area contributed by atoms with Gasteiger partial charge in [-0.2, -0.15) is 12.7 Å². The van der Waals surface area contributed by atoms with Crippen molar-refractivity contribution < 1.29 is 13.0 Å². The van der Waals surface area contributed by atoms with E-state index < -0.39 is 10.3 Å². The van der Waals surface area contributed by atoms with Crippen molar-refractivity contribution in [2.45, 2.75) is 25.8 Å². The van der Waals surface area contributed by atoms with E-state index in [0.29, 0.717) is 19.6 Å². The van der Waals surface area contributed by atoms with Crippen molar-refractivity contribution in [2.75, 3.05) is 19.6 Å². The van der Waals surface area contributed by atoms with Crippen LogP contribution < -0.4 is 5.32 Å². The van der Waals surface area contributed by atoms with Gasteiger partial charge in [-0.3, -0.25) is 4.55 Å². The smallest absolute Gasteiger partial charge is 0.314 e. The topological polar surface area (TPSA) is 69.6 Å². The second kappa shape index (κ2) is 4.36. The minimum absolute atomic E-state index is 0.0891. The van der Waals surface area contributed by atoms with Gasteiger partial charge in [0, 0.05) is 25.7 Å². The summed E-state index contributed by atoms with van der Waals surface area (Å²) in [6, 6.07) is -0.0891. The second-order valence-electron chi connectivity index (χ2n) is 3.24. The summed E-state index contributed by atoms with van der Waals surface area (Å²) in [6.07, 6.45) is 1.70. The summed E-state index contributed by atoms with van der Waals surface area (Å²) in [5, 5.41) is 3.10. The van der Waals surface area contributed by atoms with E-state index >= 15 is 0 Å². The van der Waals surface area contributed by atoms with Crippen molar-refractivity contribution in [2.24, 2.45) is 0 Å². The monoisotopic (exact) mass is 208 g/mol.